The molecule has 3 N–H and O–H groups in total. The van der Waals surface area contributed by atoms with E-state index < -0.39 is 70.8 Å². The summed E-state index contributed by atoms with van der Waals surface area (Å²) < 4.78 is 93.2. The predicted octanol–water partition coefficient (Wildman–Crippen LogP) is 4.55. The molecule has 0 saturated heterocycles. The second-order valence-corrected chi connectivity index (χ2v) is 7.89. The fourth-order valence-corrected chi connectivity index (χ4v) is 3.58. The summed E-state index contributed by atoms with van der Waals surface area (Å²) in [7, 11) is 0. The number of nitrogens with one attached hydrogen (secondary N) is 1. The number of aryl methyl sites for hydroxylation is 1. The van der Waals surface area contributed by atoms with E-state index in [0.717, 1.165) is 0 Å². The third-order valence-electron chi connectivity index (χ3n) is 5.37. The van der Waals surface area contributed by atoms with Gasteiger partial charge in [-0.3, -0.25) is 5.32 Å². The predicted molar refractivity (Wildman–Crippen MR) is 104 cm³/mol. The molecule has 3 aromatic rings. The lowest BCUT2D eigenvalue weighted by molar-refractivity contribution is -0.277. The number of hydrogen-bond acceptors (Lipinski definition) is 9. The molecule has 0 aliphatic carbocycles. The summed E-state index contributed by atoms with van der Waals surface area (Å²) in [4.78, 5) is 14.9. The van der Waals surface area contributed by atoms with Gasteiger partial charge in [0.2, 0.25) is 11.5 Å². The number of halogens is 6. The van der Waals surface area contributed by atoms with Crippen LogP contribution in [-0.2, 0) is 18.2 Å². The quantitative estimate of drug-likeness (QED) is 0.387. The number of carbonyl (C=O) groups is 1. The van der Waals surface area contributed by atoms with Crippen LogP contribution in [0.2, 0.25) is 0 Å². The Bertz CT molecular complexity index is 1270. The zero-order valence-electron chi connectivity index (χ0n) is 17.9. The summed E-state index contributed by atoms with van der Waals surface area (Å²) in [5.74, 6) is -2.87. The van der Waals surface area contributed by atoms with Crippen LogP contribution in [0.1, 0.15) is 49.4 Å². The van der Waals surface area contributed by atoms with Crippen molar-refractivity contribution >= 4 is 11.8 Å². The number of amides is 1. The summed E-state index contributed by atoms with van der Waals surface area (Å²) in [6.07, 6.45) is -11.9. The van der Waals surface area contributed by atoms with E-state index in [9.17, 15) is 36.2 Å². The van der Waals surface area contributed by atoms with E-state index >= 15 is 0 Å². The van der Waals surface area contributed by atoms with Crippen molar-refractivity contribution in [3.05, 3.63) is 23.4 Å². The standard InChI is InChI=1S/C19H16F6N6O5/c20-18(21,22)8-7-9(26-16(32)33)12-14-30-31-15(36-14)17(34,19(23,24)25)6-4-2-1-3-5-10-28-29-13(35-10)11(8)27-12/h7,26,34H,1-6H2,(H,32,33). The number of anilines is 1. The maximum Gasteiger partial charge on any atom is 0.426 e. The highest BCUT2D eigenvalue weighted by Gasteiger charge is 2.58. The number of carboxylic acid groups (broad SMARTS) is 1. The maximum atomic E-state index is 13.8. The van der Waals surface area contributed by atoms with E-state index in [-0.39, 0.29) is 25.2 Å². The topological polar surface area (TPSA) is 160 Å². The van der Waals surface area contributed by atoms with Crippen LogP contribution in [0, 0.1) is 0 Å². The molecule has 1 aliphatic rings. The molecule has 6 bridgehead atoms. The number of aromatic nitrogens is 5. The van der Waals surface area contributed by atoms with Gasteiger partial charge >= 0.3 is 18.4 Å². The van der Waals surface area contributed by atoms with Crippen LogP contribution in [0.4, 0.5) is 36.8 Å². The smallest absolute Gasteiger partial charge is 0.426 e. The van der Waals surface area contributed by atoms with E-state index in [4.69, 9.17) is 13.9 Å². The fraction of sp³-hybridized carbons (Fsp3) is 0.474. The molecule has 1 amide bonds. The van der Waals surface area contributed by atoms with Crippen molar-refractivity contribution in [1.82, 2.24) is 25.4 Å². The lowest BCUT2D eigenvalue weighted by atomic mass is 9.94. The van der Waals surface area contributed by atoms with E-state index in [0.29, 0.717) is 18.9 Å². The van der Waals surface area contributed by atoms with Gasteiger partial charge < -0.3 is 19.0 Å². The molecule has 0 aromatic carbocycles. The van der Waals surface area contributed by atoms with Crippen LogP contribution in [-0.4, -0.2) is 47.9 Å². The van der Waals surface area contributed by atoms with E-state index in [2.05, 4.69) is 25.4 Å². The average molecular weight is 522 g/mol. The lowest BCUT2D eigenvalue weighted by Crippen LogP contribution is -2.42. The summed E-state index contributed by atoms with van der Waals surface area (Å²) >= 11 is 0. The van der Waals surface area contributed by atoms with Gasteiger partial charge in [-0.05, 0) is 25.3 Å². The van der Waals surface area contributed by atoms with Crippen LogP contribution < -0.4 is 5.32 Å². The number of nitrogens with zero attached hydrogens (tertiary/aromatic N) is 5. The van der Waals surface area contributed by atoms with Crippen molar-refractivity contribution in [2.24, 2.45) is 0 Å². The van der Waals surface area contributed by atoms with E-state index in [1.165, 1.54) is 0 Å². The van der Waals surface area contributed by atoms with Crippen LogP contribution in [0.15, 0.2) is 14.9 Å². The van der Waals surface area contributed by atoms with Gasteiger partial charge in [0.25, 0.3) is 17.7 Å². The minimum atomic E-state index is -5.24. The second kappa shape index (κ2) is 9.03. The molecule has 4 heterocycles. The van der Waals surface area contributed by atoms with Gasteiger partial charge in [-0.2, -0.15) is 26.3 Å². The van der Waals surface area contributed by atoms with Gasteiger partial charge in [-0.1, -0.05) is 12.8 Å². The summed E-state index contributed by atoms with van der Waals surface area (Å²) in [6.45, 7) is 0. The highest BCUT2D eigenvalue weighted by atomic mass is 19.4. The van der Waals surface area contributed by atoms with E-state index in [1.54, 1.807) is 5.32 Å². The average Bonchev–Trinajstić information content (AvgIpc) is 3.43. The molecule has 4 rings (SSSR count). The minimum Gasteiger partial charge on any atom is -0.465 e. The van der Waals surface area contributed by atoms with Crippen molar-refractivity contribution in [3.63, 3.8) is 0 Å². The first-order chi connectivity index (χ1) is 16.8. The largest absolute Gasteiger partial charge is 0.465 e. The number of fused-ring (bicyclic) bond motifs is 8. The summed E-state index contributed by atoms with van der Waals surface area (Å²) in [5, 5.41) is 35.1. The molecule has 194 valence electrons. The Hall–Kier alpha value is -3.76. The van der Waals surface area contributed by atoms with Crippen molar-refractivity contribution in [2.75, 3.05) is 5.32 Å². The van der Waals surface area contributed by atoms with Crippen molar-refractivity contribution in [3.8, 4) is 23.2 Å². The molecular formula is C19H16F6N6O5. The maximum absolute atomic E-state index is 13.8. The Morgan fingerprint density at radius 3 is 2.28 bits per heavy atom. The summed E-state index contributed by atoms with van der Waals surface area (Å²) in [5.41, 5.74) is -7.55. The Morgan fingerprint density at radius 1 is 0.944 bits per heavy atom. The van der Waals surface area contributed by atoms with Crippen molar-refractivity contribution < 1.29 is 50.2 Å². The Morgan fingerprint density at radius 2 is 1.61 bits per heavy atom. The number of rotatable bonds is 1. The molecule has 1 unspecified atom stereocenters. The van der Waals surface area contributed by atoms with Crippen molar-refractivity contribution in [2.45, 2.75) is 56.5 Å². The van der Waals surface area contributed by atoms with Gasteiger partial charge in [-0.15, -0.1) is 20.4 Å². The van der Waals surface area contributed by atoms with Crippen LogP contribution in [0.3, 0.4) is 0 Å². The lowest BCUT2D eigenvalue weighted by Gasteiger charge is -2.26. The molecule has 0 saturated carbocycles. The normalized spacial score (nSPS) is 19.2. The first-order valence-electron chi connectivity index (χ1n) is 10.4. The molecule has 0 spiro atoms. The Balaban J connectivity index is 1.97. The summed E-state index contributed by atoms with van der Waals surface area (Å²) in [6, 6.07) is 0.332. The Labute approximate surface area is 196 Å². The number of alkyl halides is 6. The second-order valence-electron chi connectivity index (χ2n) is 7.89. The van der Waals surface area contributed by atoms with Crippen molar-refractivity contribution in [1.29, 1.82) is 0 Å². The fourth-order valence-electron chi connectivity index (χ4n) is 3.58. The highest BCUT2D eigenvalue weighted by Crippen LogP contribution is 2.44. The highest BCUT2D eigenvalue weighted by molar-refractivity contribution is 5.89. The zero-order chi connectivity index (χ0) is 26.3. The molecular weight excluding hydrogens is 506 g/mol. The molecule has 17 heteroatoms. The molecule has 0 fully saturated rings. The van der Waals surface area contributed by atoms with Gasteiger partial charge in [0.15, 0.2) is 5.69 Å². The van der Waals surface area contributed by atoms with Gasteiger partial charge in [0, 0.05) is 6.42 Å². The number of aliphatic hydroxyl groups is 1. The first-order valence-corrected chi connectivity index (χ1v) is 10.4. The molecule has 0 radical (unpaired) electrons. The van der Waals surface area contributed by atoms with Gasteiger partial charge in [0.05, 0.1) is 11.3 Å². The van der Waals surface area contributed by atoms with Crippen LogP contribution in [0.5, 0.6) is 0 Å². The van der Waals surface area contributed by atoms with E-state index in [1.807, 2.05) is 0 Å². The van der Waals surface area contributed by atoms with Gasteiger partial charge in [0.1, 0.15) is 5.69 Å². The minimum absolute atomic E-state index is 0.0341. The SMILES string of the molecule is O=C(O)Nc1cc(C(F)(F)F)c2nc1-c1nnc(o1)C(O)(C(F)(F)F)CCCCCCc1nnc-2o1. The third-order valence-corrected chi connectivity index (χ3v) is 5.37. The molecule has 1 atom stereocenters. The van der Waals surface area contributed by atoms with Gasteiger partial charge in [-0.25, -0.2) is 9.78 Å². The molecule has 11 nitrogen and oxygen atoms in total. The molecule has 36 heavy (non-hydrogen) atoms. The van der Waals surface area contributed by atoms with Crippen LogP contribution in [0.25, 0.3) is 23.2 Å². The Kier molecular flexibility index (Phi) is 6.36. The molecule has 3 aromatic heterocycles. The monoisotopic (exact) mass is 522 g/mol. The number of hydrogen-bond donors (Lipinski definition) is 3. The third kappa shape index (κ3) is 4.82. The molecule has 1 aliphatic heterocycles. The first kappa shape index (κ1) is 25.3. The zero-order valence-corrected chi connectivity index (χ0v) is 17.9. The number of pyridine rings is 1. The van der Waals surface area contributed by atoms with Crippen LogP contribution >= 0.6 is 0 Å².